The van der Waals surface area contributed by atoms with Gasteiger partial charge in [0.1, 0.15) is 5.78 Å². The van der Waals surface area contributed by atoms with E-state index in [1.54, 1.807) is 11.3 Å². The van der Waals surface area contributed by atoms with Gasteiger partial charge < -0.3 is 4.90 Å². The first-order valence-electron chi connectivity index (χ1n) is 8.59. The van der Waals surface area contributed by atoms with Gasteiger partial charge in [0.2, 0.25) is 5.91 Å². The number of aryl methyl sites for hydroxylation is 1. The average molecular weight is 341 g/mol. The number of piperidine rings is 1. The van der Waals surface area contributed by atoms with E-state index in [2.05, 4.69) is 6.07 Å². The highest BCUT2D eigenvalue weighted by Gasteiger charge is 2.27. The van der Waals surface area contributed by atoms with Crippen molar-refractivity contribution in [3.8, 4) is 0 Å². The minimum absolute atomic E-state index is 0.00959. The third kappa shape index (κ3) is 4.54. The molecule has 0 spiro atoms. The highest BCUT2D eigenvalue weighted by Crippen LogP contribution is 2.21. The van der Waals surface area contributed by atoms with E-state index in [0.717, 1.165) is 31.4 Å². The normalized spacial score (nSPS) is 17.7. The zero-order valence-electron chi connectivity index (χ0n) is 13.8. The maximum Gasteiger partial charge on any atom is 0.222 e. The molecule has 1 aromatic carbocycles. The Balaban J connectivity index is 1.51. The van der Waals surface area contributed by atoms with Crippen molar-refractivity contribution in [3.63, 3.8) is 0 Å². The summed E-state index contributed by atoms with van der Waals surface area (Å²) in [4.78, 5) is 28.1. The van der Waals surface area contributed by atoms with Gasteiger partial charge in [-0.25, -0.2) is 0 Å². The number of hydrogen-bond donors (Lipinski definition) is 0. The van der Waals surface area contributed by atoms with Crippen LogP contribution in [0.1, 0.15) is 29.7 Å². The summed E-state index contributed by atoms with van der Waals surface area (Å²) in [7, 11) is 0. The topological polar surface area (TPSA) is 37.4 Å². The molecular weight excluding hydrogens is 318 g/mol. The Kier molecular flexibility index (Phi) is 5.81. The number of amides is 1. The largest absolute Gasteiger partial charge is 0.342 e. The molecule has 1 unspecified atom stereocenters. The lowest BCUT2D eigenvalue weighted by Crippen LogP contribution is -2.42. The molecule has 0 N–H and O–H groups in total. The molecular formula is C20H23NO2S. The number of nitrogens with zero attached hydrogens (tertiary/aromatic N) is 1. The molecule has 4 heteroatoms. The number of thiophene rings is 1. The average Bonchev–Trinajstić information content (AvgIpc) is 3.14. The molecule has 0 radical (unpaired) electrons. The summed E-state index contributed by atoms with van der Waals surface area (Å²) in [6, 6.07) is 14.0. The van der Waals surface area contributed by atoms with E-state index in [1.165, 1.54) is 4.88 Å². The van der Waals surface area contributed by atoms with Crippen LogP contribution in [-0.2, 0) is 22.4 Å². The summed E-state index contributed by atoms with van der Waals surface area (Å²) in [6.45, 7) is 1.38. The molecule has 0 saturated carbocycles. The summed E-state index contributed by atoms with van der Waals surface area (Å²) in [5, 5.41) is 2.04. The molecule has 1 amide bonds. The van der Waals surface area contributed by atoms with E-state index in [0.29, 0.717) is 19.4 Å². The van der Waals surface area contributed by atoms with Crippen LogP contribution in [0.5, 0.6) is 0 Å². The fraction of sp³-hybridized carbons (Fsp3) is 0.400. The molecule has 0 aliphatic carbocycles. The second-order valence-corrected chi connectivity index (χ2v) is 7.42. The molecule has 1 aromatic heterocycles. The Morgan fingerprint density at radius 1 is 1.12 bits per heavy atom. The molecule has 3 nitrogen and oxygen atoms in total. The Morgan fingerprint density at radius 3 is 2.71 bits per heavy atom. The van der Waals surface area contributed by atoms with E-state index in [1.807, 2.05) is 46.7 Å². The van der Waals surface area contributed by atoms with Gasteiger partial charge in [-0.05, 0) is 36.3 Å². The van der Waals surface area contributed by atoms with Gasteiger partial charge in [0, 0.05) is 36.7 Å². The van der Waals surface area contributed by atoms with Crippen molar-refractivity contribution in [1.82, 2.24) is 4.90 Å². The van der Waals surface area contributed by atoms with Gasteiger partial charge in [-0.15, -0.1) is 11.3 Å². The quantitative estimate of drug-likeness (QED) is 0.803. The van der Waals surface area contributed by atoms with Gasteiger partial charge in [-0.3, -0.25) is 9.59 Å². The second kappa shape index (κ2) is 8.25. The van der Waals surface area contributed by atoms with E-state index < -0.39 is 0 Å². The predicted molar refractivity (Wildman–Crippen MR) is 97.1 cm³/mol. The fourth-order valence-electron chi connectivity index (χ4n) is 3.25. The Morgan fingerprint density at radius 2 is 1.96 bits per heavy atom. The second-order valence-electron chi connectivity index (χ2n) is 6.39. The lowest BCUT2D eigenvalue weighted by atomic mass is 9.90. The first kappa shape index (κ1) is 16.9. The molecule has 24 heavy (non-hydrogen) atoms. The standard InChI is InChI=1S/C20H23NO2S/c22-19(14-16-6-2-1-3-7-16)17-8-4-12-21(15-17)20(23)11-10-18-9-5-13-24-18/h1-3,5-7,9,13,17H,4,8,10-12,14-15H2. The SMILES string of the molecule is O=C(Cc1ccccc1)C1CCCN(C(=O)CCc2cccs2)C1. The summed E-state index contributed by atoms with van der Waals surface area (Å²) in [6.07, 6.45) is 3.65. The monoisotopic (exact) mass is 341 g/mol. The number of benzene rings is 1. The zero-order chi connectivity index (χ0) is 16.8. The van der Waals surface area contributed by atoms with Crippen molar-refractivity contribution in [3.05, 3.63) is 58.3 Å². The summed E-state index contributed by atoms with van der Waals surface area (Å²) < 4.78 is 0. The van der Waals surface area contributed by atoms with Crippen molar-refractivity contribution in [2.24, 2.45) is 5.92 Å². The van der Waals surface area contributed by atoms with Crippen LogP contribution in [0.3, 0.4) is 0 Å². The van der Waals surface area contributed by atoms with E-state index in [9.17, 15) is 9.59 Å². The molecule has 126 valence electrons. The van der Waals surface area contributed by atoms with Gasteiger partial charge in [0.05, 0.1) is 0 Å². The van der Waals surface area contributed by atoms with E-state index in [-0.39, 0.29) is 17.6 Å². The number of carbonyl (C=O) groups is 2. The Labute approximate surface area is 147 Å². The molecule has 2 heterocycles. The van der Waals surface area contributed by atoms with Crippen LogP contribution in [0, 0.1) is 5.92 Å². The third-order valence-corrected chi connectivity index (χ3v) is 5.55. The predicted octanol–water partition coefficient (Wildman–Crippen LogP) is 3.73. The minimum atomic E-state index is -0.00959. The molecule has 1 aliphatic heterocycles. The van der Waals surface area contributed by atoms with Crippen LogP contribution in [0.15, 0.2) is 47.8 Å². The number of likely N-dealkylation sites (tertiary alicyclic amines) is 1. The molecule has 3 rings (SSSR count). The molecule has 1 saturated heterocycles. The highest BCUT2D eigenvalue weighted by atomic mass is 32.1. The number of carbonyl (C=O) groups excluding carboxylic acids is 2. The number of Topliss-reactive ketones (excluding diaryl/α,β-unsaturated/α-hetero) is 1. The van der Waals surface area contributed by atoms with Crippen molar-refractivity contribution in [2.45, 2.75) is 32.1 Å². The van der Waals surface area contributed by atoms with Crippen LogP contribution >= 0.6 is 11.3 Å². The number of rotatable bonds is 6. The third-order valence-electron chi connectivity index (χ3n) is 4.62. The number of hydrogen-bond acceptors (Lipinski definition) is 3. The van der Waals surface area contributed by atoms with E-state index >= 15 is 0 Å². The Hall–Kier alpha value is -1.94. The van der Waals surface area contributed by atoms with Gasteiger partial charge in [0.15, 0.2) is 0 Å². The van der Waals surface area contributed by atoms with Gasteiger partial charge in [-0.1, -0.05) is 36.4 Å². The number of ketones is 1. The summed E-state index contributed by atoms with van der Waals surface area (Å²) in [5.74, 6) is 0.433. The summed E-state index contributed by atoms with van der Waals surface area (Å²) in [5.41, 5.74) is 1.06. The van der Waals surface area contributed by atoms with Gasteiger partial charge in [0.25, 0.3) is 0 Å². The van der Waals surface area contributed by atoms with Crippen LogP contribution in [-0.4, -0.2) is 29.7 Å². The maximum atomic E-state index is 12.5. The van der Waals surface area contributed by atoms with Crippen LogP contribution < -0.4 is 0 Å². The van der Waals surface area contributed by atoms with Gasteiger partial charge >= 0.3 is 0 Å². The molecule has 1 atom stereocenters. The first-order chi connectivity index (χ1) is 11.7. The lowest BCUT2D eigenvalue weighted by Gasteiger charge is -2.32. The zero-order valence-corrected chi connectivity index (χ0v) is 14.6. The molecule has 0 bridgehead atoms. The lowest BCUT2D eigenvalue weighted by molar-refractivity contribution is -0.135. The van der Waals surface area contributed by atoms with Crippen molar-refractivity contribution >= 4 is 23.0 Å². The smallest absolute Gasteiger partial charge is 0.222 e. The molecule has 1 aliphatic rings. The first-order valence-corrected chi connectivity index (χ1v) is 9.47. The minimum Gasteiger partial charge on any atom is -0.342 e. The van der Waals surface area contributed by atoms with Gasteiger partial charge in [-0.2, -0.15) is 0 Å². The van der Waals surface area contributed by atoms with Crippen LogP contribution in [0.4, 0.5) is 0 Å². The van der Waals surface area contributed by atoms with Crippen molar-refractivity contribution in [2.75, 3.05) is 13.1 Å². The van der Waals surface area contributed by atoms with E-state index in [4.69, 9.17) is 0 Å². The highest BCUT2D eigenvalue weighted by molar-refractivity contribution is 7.09. The Bertz CT molecular complexity index is 666. The van der Waals surface area contributed by atoms with Crippen molar-refractivity contribution in [1.29, 1.82) is 0 Å². The van der Waals surface area contributed by atoms with Crippen LogP contribution in [0.2, 0.25) is 0 Å². The van der Waals surface area contributed by atoms with Crippen molar-refractivity contribution < 1.29 is 9.59 Å². The van der Waals surface area contributed by atoms with Crippen LogP contribution in [0.25, 0.3) is 0 Å². The molecule has 2 aromatic rings. The fourth-order valence-corrected chi connectivity index (χ4v) is 3.96. The molecule has 1 fully saturated rings. The summed E-state index contributed by atoms with van der Waals surface area (Å²) >= 11 is 1.69. The maximum absolute atomic E-state index is 12.5.